The third kappa shape index (κ3) is 8.27. The lowest BCUT2D eigenvalue weighted by molar-refractivity contribution is -0.0716. The van der Waals surface area contributed by atoms with E-state index in [1.807, 2.05) is 44.2 Å². The van der Waals surface area contributed by atoms with Gasteiger partial charge in [-0.1, -0.05) is 30.3 Å². The van der Waals surface area contributed by atoms with Gasteiger partial charge >= 0.3 is 0 Å². The van der Waals surface area contributed by atoms with Crippen molar-refractivity contribution in [2.24, 2.45) is 0 Å². The first-order valence-corrected chi connectivity index (χ1v) is 7.11. The maximum absolute atomic E-state index is 9.12. The molecule has 4 nitrogen and oxygen atoms in total. The number of hydrogen-bond acceptors (Lipinski definition) is 4. The van der Waals surface area contributed by atoms with Crippen LogP contribution in [0.5, 0.6) is 0 Å². The highest BCUT2D eigenvalue weighted by atomic mass is 16.6. The highest BCUT2D eigenvalue weighted by Gasteiger charge is 2.08. The fourth-order valence-electron chi connectivity index (χ4n) is 1.62. The monoisotopic (exact) mass is 282 g/mol. The Kier molecular flexibility index (Phi) is 8.46. The van der Waals surface area contributed by atoms with E-state index >= 15 is 0 Å². The molecule has 0 radical (unpaired) electrons. The van der Waals surface area contributed by atoms with Crippen LogP contribution in [0.15, 0.2) is 30.3 Å². The van der Waals surface area contributed by atoms with Crippen molar-refractivity contribution in [1.82, 2.24) is 0 Å². The van der Waals surface area contributed by atoms with Crippen LogP contribution < -0.4 is 0 Å². The molecule has 0 aliphatic heterocycles. The Morgan fingerprint density at radius 3 is 2.15 bits per heavy atom. The molecule has 0 aliphatic rings. The minimum Gasteiger partial charge on any atom is -0.391 e. The molecular formula is C16H26O4. The van der Waals surface area contributed by atoms with E-state index in [9.17, 15) is 0 Å². The summed E-state index contributed by atoms with van der Waals surface area (Å²) in [6.45, 7) is 7.60. The summed E-state index contributed by atoms with van der Waals surface area (Å²) in [7, 11) is 0. The standard InChI is InChI=1S/C16H26O4/c1-13(17)9-19-15(3)11-20-14(2)10-18-12-16-7-5-4-6-8-16/h4-8,13-15,17H,9-12H2,1-3H3. The van der Waals surface area contributed by atoms with Crippen LogP contribution in [0.2, 0.25) is 0 Å². The van der Waals surface area contributed by atoms with Crippen LogP contribution in [0, 0.1) is 0 Å². The smallest absolute Gasteiger partial charge is 0.0781 e. The van der Waals surface area contributed by atoms with Gasteiger partial charge in [-0.05, 0) is 26.3 Å². The quantitative estimate of drug-likeness (QED) is 0.716. The molecule has 1 aromatic carbocycles. The van der Waals surface area contributed by atoms with Crippen molar-refractivity contribution in [1.29, 1.82) is 0 Å². The molecule has 0 heterocycles. The molecule has 0 saturated heterocycles. The first-order valence-electron chi connectivity index (χ1n) is 7.11. The van der Waals surface area contributed by atoms with Gasteiger partial charge in [-0.2, -0.15) is 0 Å². The molecule has 0 amide bonds. The van der Waals surface area contributed by atoms with Crippen LogP contribution in [0.4, 0.5) is 0 Å². The van der Waals surface area contributed by atoms with Crippen molar-refractivity contribution in [3.63, 3.8) is 0 Å². The Morgan fingerprint density at radius 1 is 0.900 bits per heavy atom. The van der Waals surface area contributed by atoms with E-state index in [4.69, 9.17) is 19.3 Å². The maximum Gasteiger partial charge on any atom is 0.0781 e. The largest absolute Gasteiger partial charge is 0.391 e. The van der Waals surface area contributed by atoms with Gasteiger partial charge in [-0.3, -0.25) is 0 Å². The van der Waals surface area contributed by atoms with Crippen molar-refractivity contribution in [3.05, 3.63) is 35.9 Å². The molecule has 0 saturated carbocycles. The summed E-state index contributed by atoms with van der Waals surface area (Å²) >= 11 is 0. The number of aliphatic hydroxyl groups is 1. The van der Waals surface area contributed by atoms with Crippen molar-refractivity contribution in [2.75, 3.05) is 19.8 Å². The minimum absolute atomic E-state index is 0.0244. The second-order valence-corrected chi connectivity index (χ2v) is 5.14. The number of hydrogen-bond donors (Lipinski definition) is 1. The predicted molar refractivity (Wildman–Crippen MR) is 78.6 cm³/mol. The number of ether oxygens (including phenoxy) is 3. The van der Waals surface area contributed by atoms with Crippen LogP contribution in [0.25, 0.3) is 0 Å². The van der Waals surface area contributed by atoms with Crippen LogP contribution in [0.1, 0.15) is 26.3 Å². The zero-order valence-corrected chi connectivity index (χ0v) is 12.6. The first-order chi connectivity index (χ1) is 9.58. The molecule has 3 unspecified atom stereocenters. The third-order valence-corrected chi connectivity index (χ3v) is 2.70. The third-order valence-electron chi connectivity index (χ3n) is 2.70. The Hall–Kier alpha value is -0.940. The van der Waals surface area contributed by atoms with E-state index < -0.39 is 6.10 Å². The Bertz CT molecular complexity index is 340. The maximum atomic E-state index is 9.12. The lowest BCUT2D eigenvalue weighted by Gasteiger charge is -2.18. The van der Waals surface area contributed by atoms with E-state index in [0.717, 1.165) is 5.56 Å². The summed E-state index contributed by atoms with van der Waals surface area (Å²) < 4.78 is 16.7. The van der Waals surface area contributed by atoms with Gasteiger partial charge in [0.1, 0.15) is 0 Å². The molecule has 0 aliphatic carbocycles. The van der Waals surface area contributed by atoms with E-state index in [-0.39, 0.29) is 12.2 Å². The van der Waals surface area contributed by atoms with Gasteiger partial charge in [0.25, 0.3) is 0 Å². The average molecular weight is 282 g/mol. The van der Waals surface area contributed by atoms with Crippen LogP contribution in [0.3, 0.4) is 0 Å². The average Bonchev–Trinajstić information content (AvgIpc) is 2.44. The fraction of sp³-hybridized carbons (Fsp3) is 0.625. The molecule has 1 rings (SSSR count). The first kappa shape index (κ1) is 17.1. The molecule has 3 atom stereocenters. The summed E-state index contributed by atoms with van der Waals surface area (Å²) in [6, 6.07) is 10.1. The van der Waals surface area contributed by atoms with E-state index in [1.54, 1.807) is 6.92 Å². The zero-order valence-electron chi connectivity index (χ0n) is 12.6. The SMILES string of the molecule is CC(O)COC(C)COC(C)COCc1ccccc1. The van der Waals surface area contributed by atoms with Gasteiger partial charge < -0.3 is 19.3 Å². The lowest BCUT2D eigenvalue weighted by Crippen LogP contribution is -2.25. The normalized spacial score (nSPS) is 15.8. The summed E-state index contributed by atoms with van der Waals surface area (Å²) in [5, 5.41) is 9.12. The van der Waals surface area contributed by atoms with E-state index in [1.165, 1.54) is 0 Å². The molecule has 0 aromatic heterocycles. The van der Waals surface area contributed by atoms with Crippen LogP contribution in [-0.2, 0) is 20.8 Å². The van der Waals surface area contributed by atoms with Gasteiger partial charge in [0.15, 0.2) is 0 Å². The lowest BCUT2D eigenvalue weighted by atomic mass is 10.2. The molecule has 0 fully saturated rings. The van der Waals surface area contributed by atoms with Gasteiger partial charge in [-0.15, -0.1) is 0 Å². The van der Waals surface area contributed by atoms with Crippen molar-refractivity contribution < 1.29 is 19.3 Å². The summed E-state index contributed by atoms with van der Waals surface area (Å²) in [5.74, 6) is 0. The summed E-state index contributed by atoms with van der Waals surface area (Å²) in [4.78, 5) is 0. The summed E-state index contributed by atoms with van der Waals surface area (Å²) in [6.07, 6.45) is -0.443. The van der Waals surface area contributed by atoms with Gasteiger partial charge in [0.05, 0.1) is 44.7 Å². The molecule has 4 heteroatoms. The molecule has 0 bridgehead atoms. The molecule has 20 heavy (non-hydrogen) atoms. The molecule has 1 aromatic rings. The van der Waals surface area contributed by atoms with Crippen LogP contribution >= 0.6 is 0 Å². The van der Waals surface area contributed by atoms with Gasteiger partial charge in [-0.25, -0.2) is 0 Å². The second kappa shape index (κ2) is 9.88. The minimum atomic E-state index is -0.441. The molecule has 0 spiro atoms. The Balaban J connectivity index is 2.06. The van der Waals surface area contributed by atoms with E-state index in [2.05, 4.69) is 0 Å². The number of aliphatic hydroxyl groups excluding tert-OH is 1. The Labute approximate surface area is 121 Å². The molecular weight excluding hydrogens is 256 g/mol. The highest BCUT2D eigenvalue weighted by molar-refractivity contribution is 5.13. The predicted octanol–water partition coefficient (Wildman–Crippen LogP) is 2.39. The number of benzene rings is 1. The highest BCUT2D eigenvalue weighted by Crippen LogP contribution is 2.03. The second-order valence-electron chi connectivity index (χ2n) is 5.14. The van der Waals surface area contributed by atoms with E-state index in [0.29, 0.717) is 26.4 Å². The topological polar surface area (TPSA) is 47.9 Å². The molecule has 114 valence electrons. The number of rotatable bonds is 10. The van der Waals surface area contributed by atoms with Crippen molar-refractivity contribution in [3.8, 4) is 0 Å². The van der Waals surface area contributed by atoms with Gasteiger partial charge in [0.2, 0.25) is 0 Å². The van der Waals surface area contributed by atoms with Crippen molar-refractivity contribution in [2.45, 2.75) is 45.7 Å². The molecule has 1 N–H and O–H groups in total. The summed E-state index contributed by atoms with van der Waals surface area (Å²) in [5.41, 5.74) is 1.16. The van der Waals surface area contributed by atoms with Crippen LogP contribution in [-0.4, -0.2) is 43.2 Å². The zero-order chi connectivity index (χ0) is 14.8. The van der Waals surface area contributed by atoms with Crippen molar-refractivity contribution >= 4 is 0 Å². The fourth-order valence-corrected chi connectivity index (χ4v) is 1.62. The Morgan fingerprint density at radius 2 is 1.50 bits per heavy atom. The van der Waals surface area contributed by atoms with Gasteiger partial charge in [0, 0.05) is 0 Å².